The normalized spacial score (nSPS) is 14.0. The molecule has 0 unspecified atom stereocenters. The smallest absolute Gasteiger partial charge is 0.264 e. The van der Waals surface area contributed by atoms with Crippen molar-refractivity contribution in [2.24, 2.45) is 0 Å². The molecule has 0 saturated carbocycles. The molecular weight excluding hydrogens is 505 g/mol. The van der Waals surface area contributed by atoms with Gasteiger partial charge in [-0.3, -0.25) is 9.10 Å². The predicted molar refractivity (Wildman–Crippen MR) is 139 cm³/mol. The van der Waals surface area contributed by atoms with Gasteiger partial charge in [0.15, 0.2) is 0 Å². The number of piperazine rings is 1. The molecule has 0 N–H and O–H groups in total. The second-order valence-corrected chi connectivity index (χ2v) is 10.8. The molecular formula is C26H27ClFN3O4S. The monoisotopic (exact) mass is 531 g/mol. The van der Waals surface area contributed by atoms with Crippen LogP contribution >= 0.6 is 11.6 Å². The highest BCUT2D eigenvalue weighted by molar-refractivity contribution is 7.92. The summed E-state index contributed by atoms with van der Waals surface area (Å²) in [6.45, 7) is 3.35. The highest BCUT2D eigenvalue weighted by atomic mass is 35.5. The van der Waals surface area contributed by atoms with E-state index in [1.807, 2.05) is 6.92 Å². The number of anilines is 2. The number of methoxy groups -OCH3 is 1. The van der Waals surface area contributed by atoms with Crippen LogP contribution in [0.1, 0.15) is 5.56 Å². The molecule has 1 amide bonds. The highest BCUT2D eigenvalue weighted by Gasteiger charge is 2.32. The van der Waals surface area contributed by atoms with Gasteiger partial charge in [0.1, 0.15) is 18.1 Å². The van der Waals surface area contributed by atoms with Gasteiger partial charge in [0.05, 0.1) is 17.7 Å². The van der Waals surface area contributed by atoms with Crippen LogP contribution in [0.4, 0.5) is 15.8 Å². The lowest BCUT2D eigenvalue weighted by Gasteiger charge is -2.37. The molecule has 36 heavy (non-hydrogen) atoms. The van der Waals surface area contributed by atoms with Crippen molar-refractivity contribution in [3.63, 3.8) is 0 Å². The zero-order valence-corrected chi connectivity index (χ0v) is 21.6. The van der Waals surface area contributed by atoms with E-state index in [9.17, 15) is 17.6 Å². The molecule has 1 aliphatic heterocycles. The van der Waals surface area contributed by atoms with Crippen LogP contribution in [0.3, 0.4) is 0 Å². The van der Waals surface area contributed by atoms with E-state index < -0.39 is 16.6 Å². The molecule has 0 atom stereocenters. The van der Waals surface area contributed by atoms with Crippen molar-refractivity contribution in [3.8, 4) is 5.75 Å². The molecule has 0 bridgehead atoms. The van der Waals surface area contributed by atoms with Crippen LogP contribution in [0.25, 0.3) is 0 Å². The molecule has 10 heteroatoms. The maximum Gasteiger partial charge on any atom is 0.264 e. The summed E-state index contributed by atoms with van der Waals surface area (Å²) < 4.78 is 47.2. The maximum atomic E-state index is 13.7. The highest BCUT2D eigenvalue weighted by Crippen LogP contribution is 2.35. The van der Waals surface area contributed by atoms with Crippen molar-refractivity contribution >= 4 is 38.9 Å². The van der Waals surface area contributed by atoms with E-state index in [0.717, 1.165) is 15.6 Å². The Balaban J connectivity index is 1.59. The number of hydrogen-bond acceptors (Lipinski definition) is 5. The Hall–Kier alpha value is -3.30. The number of hydrogen-bond donors (Lipinski definition) is 0. The summed E-state index contributed by atoms with van der Waals surface area (Å²) >= 11 is 6.20. The maximum absolute atomic E-state index is 13.7. The van der Waals surface area contributed by atoms with Crippen molar-refractivity contribution in [1.29, 1.82) is 0 Å². The number of ether oxygens (including phenoxy) is 1. The zero-order chi connectivity index (χ0) is 25.9. The molecule has 1 saturated heterocycles. The third kappa shape index (κ3) is 5.57. The number of carbonyl (C=O) groups excluding carboxylic acids is 1. The number of carbonyl (C=O) groups is 1. The third-order valence-electron chi connectivity index (χ3n) is 6.12. The molecule has 190 valence electrons. The molecule has 7 nitrogen and oxygen atoms in total. The molecule has 3 aromatic carbocycles. The lowest BCUT2D eigenvalue weighted by molar-refractivity contribution is -0.129. The van der Waals surface area contributed by atoms with Gasteiger partial charge in [-0.15, -0.1) is 0 Å². The van der Waals surface area contributed by atoms with E-state index in [2.05, 4.69) is 4.90 Å². The van der Waals surface area contributed by atoms with Crippen molar-refractivity contribution in [2.75, 3.05) is 49.0 Å². The van der Waals surface area contributed by atoms with E-state index in [4.69, 9.17) is 16.3 Å². The first-order valence-electron chi connectivity index (χ1n) is 11.4. The summed E-state index contributed by atoms with van der Waals surface area (Å²) in [5.41, 5.74) is 1.97. The number of sulfonamides is 1. The Morgan fingerprint density at radius 2 is 1.64 bits per heavy atom. The molecule has 0 radical (unpaired) electrons. The minimum absolute atomic E-state index is 0.0593. The van der Waals surface area contributed by atoms with Gasteiger partial charge in [-0.2, -0.15) is 0 Å². The van der Waals surface area contributed by atoms with E-state index in [-0.39, 0.29) is 28.1 Å². The van der Waals surface area contributed by atoms with E-state index in [0.29, 0.717) is 31.2 Å². The number of nitrogens with zero attached hydrogens (tertiary/aromatic N) is 3. The van der Waals surface area contributed by atoms with Crippen LogP contribution in [-0.2, 0) is 14.8 Å². The van der Waals surface area contributed by atoms with Crippen molar-refractivity contribution < 1.29 is 22.3 Å². The summed E-state index contributed by atoms with van der Waals surface area (Å²) in [4.78, 5) is 17.1. The van der Waals surface area contributed by atoms with Crippen LogP contribution in [0, 0.1) is 12.7 Å². The van der Waals surface area contributed by atoms with Gasteiger partial charge in [0.2, 0.25) is 5.91 Å². The first kappa shape index (κ1) is 25.8. The number of aryl methyl sites for hydroxylation is 1. The van der Waals surface area contributed by atoms with Gasteiger partial charge >= 0.3 is 0 Å². The summed E-state index contributed by atoms with van der Waals surface area (Å²) in [6.07, 6.45) is 0. The number of rotatable bonds is 7. The number of halogens is 2. The average molecular weight is 532 g/mol. The fraction of sp³-hybridized carbons (Fsp3) is 0.269. The Morgan fingerprint density at radius 3 is 2.25 bits per heavy atom. The fourth-order valence-corrected chi connectivity index (χ4v) is 5.67. The standard InChI is InChI=1S/C26H27ClFN3O4S/c1-19-3-10-23(11-4-19)36(33,34)31(24-17-20(27)5-12-25(24)35-2)18-26(32)30-15-13-29(14-16-30)22-8-6-21(28)7-9-22/h3-12,17H,13-16,18H2,1-2H3. The van der Waals surface area contributed by atoms with Crippen molar-refractivity contribution in [1.82, 2.24) is 4.90 Å². The summed E-state index contributed by atoms with van der Waals surface area (Å²) in [7, 11) is -2.68. The molecule has 0 aromatic heterocycles. The first-order valence-corrected chi connectivity index (χ1v) is 13.2. The topological polar surface area (TPSA) is 70.2 Å². The lowest BCUT2D eigenvalue weighted by atomic mass is 10.2. The third-order valence-corrected chi connectivity index (χ3v) is 8.13. The summed E-state index contributed by atoms with van der Waals surface area (Å²) in [6, 6.07) is 17.3. The van der Waals surface area contributed by atoms with Gasteiger partial charge in [-0.25, -0.2) is 12.8 Å². The Bertz CT molecular complexity index is 1330. The average Bonchev–Trinajstić information content (AvgIpc) is 2.88. The van der Waals surface area contributed by atoms with Crippen LogP contribution in [0.5, 0.6) is 5.75 Å². The van der Waals surface area contributed by atoms with Gasteiger partial charge in [0.25, 0.3) is 10.0 Å². The lowest BCUT2D eigenvalue weighted by Crippen LogP contribution is -2.52. The Kier molecular flexibility index (Phi) is 7.70. The fourth-order valence-electron chi connectivity index (χ4n) is 4.08. The molecule has 1 aliphatic rings. The molecule has 0 aliphatic carbocycles. The van der Waals surface area contributed by atoms with E-state index in [1.54, 1.807) is 41.3 Å². The minimum atomic E-state index is -4.11. The molecule has 1 fully saturated rings. The second kappa shape index (κ2) is 10.8. The van der Waals surface area contributed by atoms with Gasteiger partial charge in [0, 0.05) is 36.9 Å². The minimum Gasteiger partial charge on any atom is -0.495 e. The van der Waals surface area contributed by atoms with Crippen LogP contribution < -0.4 is 13.9 Å². The zero-order valence-electron chi connectivity index (χ0n) is 20.0. The number of amides is 1. The predicted octanol–water partition coefficient (Wildman–Crippen LogP) is 4.34. The largest absolute Gasteiger partial charge is 0.495 e. The second-order valence-electron chi connectivity index (χ2n) is 8.49. The summed E-state index contributed by atoms with van der Waals surface area (Å²) in [5.74, 6) is -0.366. The number of benzene rings is 3. The molecule has 4 rings (SSSR count). The SMILES string of the molecule is COc1ccc(Cl)cc1N(CC(=O)N1CCN(c2ccc(F)cc2)CC1)S(=O)(=O)c1ccc(C)cc1. The van der Waals surface area contributed by atoms with Gasteiger partial charge < -0.3 is 14.5 Å². The van der Waals surface area contributed by atoms with Crippen LogP contribution in [0.2, 0.25) is 5.02 Å². The van der Waals surface area contributed by atoms with Crippen LogP contribution in [-0.4, -0.2) is 59.1 Å². The van der Waals surface area contributed by atoms with E-state index in [1.165, 1.54) is 37.4 Å². The van der Waals surface area contributed by atoms with Crippen molar-refractivity contribution in [3.05, 3.63) is 83.1 Å². The van der Waals surface area contributed by atoms with Crippen molar-refractivity contribution in [2.45, 2.75) is 11.8 Å². The van der Waals surface area contributed by atoms with Gasteiger partial charge in [-0.05, 0) is 61.5 Å². The molecule has 3 aromatic rings. The molecule has 1 heterocycles. The quantitative estimate of drug-likeness (QED) is 0.453. The summed E-state index contributed by atoms with van der Waals surface area (Å²) in [5, 5.41) is 0.315. The molecule has 0 spiro atoms. The Morgan fingerprint density at radius 1 is 1.00 bits per heavy atom. The Labute approximate surface area is 215 Å². The van der Waals surface area contributed by atoms with E-state index >= 15 is 0 Å². The first-order chi connectivity index (χ1) is 17.2. The van der Waals surface area contributed by atoms with Crippen LogP contribution in [0.15, 0.2) is 71.6 Å². The van der Waals surface area contributed by atoms with Gasteiger partial charge in [-0.1, -0.05) is 29.3 Å².